The van der Waals surface area contributed by atoms with Gasteiger partial charge in [0.05, 0.1) is 0 Å². The van der Waals surface area contributed by atoms with Crippen molar-refractivity contribution in [2.24, 2.45) is 0 Å². The quantitative estimate of drug-likeness (QED) is 0.277. The molecule has 116 valence electrons. The van der Waals surface area contributed by atoms with E-state index in [1.165, 1.54) is 38.5 Å². The van der Waals surface area contributed by atoms with Crippen molar-refractivity contribution in [2.75, 3.05) is 0 Å². The summed E-state index contributed by atoms with van der Waals surface area (Å²) in [5, 5.41) is 10.2. The predicted octanol–water partition coefficient (Wildman–Crippen LogP) is 1.55. The van der Waals surface area contributed by atoms with Gasteiger partial charge < -0.3 is 9.90 Å². The minimum atomic E-state index is -0.921. The van der Waals surface area contributed by atoms with Crippen LogP contribution in [0.15, 0.2) is 24.3 Å². The second-order valence-corrected chi connectivity index (χ2v) is 5.35. The van der Waals surface area contributed by atoms with E-state index >= 15 is 0 Å². The molecular formula is C18H31NaO2. The molecule has 0 N–H and O–H groups in total. The van der Waals surface area contributed by atoms with Gasteiger partial charge in [-0.25, -0.2) is 0 Å². The molecule has 0 saturated heterocycles. The van der Waals surface area contributed by atoms with Crippen LogP contribution in [0.25, 0.3) is 0 Å². The number of hydrogen-bond donors (Lipinski definition) is 0. The fourth-order valence-electron chi connectivity index (χ4n) is 2.08. The number of unbranched alkanes of at least 4 members (excludes halogenated alkanes) is 8. The second kappa shape index (κ2) is 19.9. The average Bonchev–Trinajstić information content (AvgIpc) is 2.43. The van der Waals surface area contributed by atoms with Crippen LogP contribution in [0.5, 0.6) is 0 Å². The average molecular weight is 302 g/mol. The number of rotatable bonds is 14. The maximum absolute atomic E-state index is 10.2. The normalized spacial score (nSPS) is 11.1. The Bertz CT molecular complexity index is 272. The Morgan fingerprint density at radius 1 is 0.810 bits per heavy atom. The summed E-state index contributed by atoms with van der Waals surface area (Å²) in [6.45, 7) is 2.23. The van der Waals surface area contributed by atoms with E-state index in [0.717, 1.165) is 32.1 Å². The van der Waals surface area contributed by atoms with Gasteiger partial charge in [0.25, 0.3) is 0 Å². The minimum absolute atomic E-state index is 0. The van der Waals surface area contributed by atoms with Crippen LogP contribution in [0.1, 0.15) is 84.0 Å². The van der Waals surface area contributed by atoms with E-state index in [1.807, 2.05) is 0 Å². The molecule has 0 aliphatic carbocycles. The molecule has 2 nitrogen and oxygen atoms in total. The summed E-state index contributed by atoms with van der Waals surface area (Å²) in [6, 6.07) is 0. The molecule has 0 aromatic rings. The van der Waals surface area contributed by atoms with Crippen molar-refractivity contribution in [3.05, 3.63) is 24.3 Å². The smallest absolute Gasteiger partial charge is 0.550 e. The summed E-state index contributed by atoms with van der Waals surface area (Å²) >= 11 is 0. The molecule has 0 rings (SSSR count). The third kappa shape index (κ3) is 22.4. The van der Waals surface area contributed by atoms with E-state index in [9.17, 15) is 9.90 Å². The summed E-state index contributed by atoms with van der Waals surface area (Å²) < 4.78 is 0. The van der Waals surface area contributed by atoms with E-state index in [4.69, 9.17) is 0 Å². The summed E-state index contributed by atoms with van der Waals surface area (Å²) in [5.74, 6) is -0.921. The maximum Gasteiger partial charge on any atom is 1.00 e. The van der Waals surface area contributed by atoms with Crippen LogP contribution in [-0.2, 0) is 4.79 Å². The van der Waals surface area contributed by atoms with Crippen molar-refractivity contribution >= 4 is 5.97 Å². The van der Waals surface area contributed by atoms with Crippen molar-refractivity contribution in [3.63, 3.8) is 0 Å². The number of carboxylic acids is 1. The molecule has 0 heterocycles. The molecule has 0 aliphatic rings. The third-order valence-corrected chi connectivity index (χ3v) is 3.33. The molecule has 0 aromatic heterocycles. The molecule has 0 unspecified atom stereocenters. The number of aliphatic carboxylic acids is 1. The Morgan fingerprint density at radius 3 is 1.90 bits per heavy atom. The van der Waals surface area contributed by atoms with Gasteiger partial charge in [-0.1, -0.05) is 63.3 Å². The standard InChI is InChI=1S/C18H32O2.Na/c1-2-3-4-5-6-7-8-9-10-11-12-13-14-15-16-17-18(19)20;/h6-7,9-10H,2-5,8,11-17H2,1H3,(H,19,20);/q;+1/p-1/b7-6+,10-9+;. The van der Waals surface area contributed by atoms with Gasteiger partial charge in [0.15, 0.2) is 0 Å². The fourth-order valence-corrected chi connectivity index (χ4v) is 2.08. The molecule has 0 spiro atoms. The molecule has 0 aliphatic heterocycles. The number of allylic oxidation sites excluding steroid dienone is 4. The molecule has 21 heavy (non-hydrogen) atoms. The van der Waals surface area contributed by atoms with E-state index in [-0.39, 0.29) is 36.0 Å². The third-order valence-electron chi connectivity index (χ3n) is 3.33. The molecule has 3 heteroatoms. The fraction of sp³-hybridized carbons (Fsp3) is 0.722. The van der Waals surface area contributed by atoms with Gasteiger partial charge in [0.1, 0.15) is 0 Å². The van der Waals surface area contributed by atoms with Crippen molar-refractivity contribution in [2.45, 2.75) is 84.0 Å². The van der Waals surface area contributed by atoms with Gasteiger partial charge in [-0.2, -0.15) is 0 Å². The molecule has 0 bridgehead atoms. The number of hydrogen-bond acceptors (Lipinski definition) is 2. The zero-order chi connectivity index (χ0) is 14.9. The summed E-state index contributed by atoms with van der Waals surface area (Å²) in [4.78, 5) is 10.2. The monoisotopic (exact) mass is 302 g/mol. The van der Waals surface area contributed by atoms with E-state index < -0.39 is 5.97 Å². The van der Waals surface area contributed by atoms with Crippen LogP contribution in [0, 0.1) is 0 Å². The van der Waals surface area contributed by atoms with Gasteiger partial charge in [-0.05, 0) is 44.9 Å². The molecule has 0 amide bonds. The van der Waals surface area contributed by atoms with Crippen LogP contribution in [-0.4, -0.2) is 5.97 Å². The zero-order valence-corrected chi connectivity index (χ0v) is 16.1. The molecule has 0 atom stereocenters. The van der Waals surface area contributed by atoms with Gasteiger partial charge in [0.2, 0.25) is 0 Å². The van der Waals surface area contributed by atoms with E-state index in [2.05, 4.69) is 31.2 Å². The second-order valence-electron chi connectivity index (χ2n) is 5.35. The summed E-state index contributed by atoms with van der Waals surface area (Å²) in [6.07, 6.45) is 21.9. The maximum atomic E-state index is 10.2. The molecule has 0 fully saturated rings. The molecule has 0 radical (unpaired) electrons. The topological polar surface area (TPSA) is 40.1 Å². The van der Waals surface area contributed by atoms with Crippen LogP contribution in [0.2, 0.25) is 0 Å². The summed E-state index contributed by atoms with van der Waals surface area (Å²) in [5.41, 5.74) is 0. The zero-order valence-electron chi connectivity index (χ0n) is 14.1. The van der Waals surface area contributed by atoms with Gasteiger partial charge in [-0.15, -0.1) is 0 Å². The van der Waals surface area contributed by atoms with Crippen LogP contribution >= 0.6 is 0 Å². The Balaban J connectivity index is 0. The first-order chi connectivity index (χ1) is 9.77. The first kappa shape index (κ1) is 23.2. The molecule has 0 aromatic carbocycles. The minimum Gasteiger partial charge on any atom is -0.550 e. The number of carbonyl (C=O) groups is 1. The summed E-state index contributed by atoms with van der Waals surface area (Å²) in [7, 11) is 0. The Hall–Kier alpha value is -0.0500. The van der Waals surface area contributed by atoms with E-state index in [1.54, 1.807) is 0 Å². The van der Waals surface area contributed by atoms with Gasteiger partial charge in [0, 0.05) is 5.97 Å². The van der Waals surface area contributed by atoms with Crippen molar-refractivity contribution in [1.29, 1.82) is 0 Å². The number of carbonyl (C=O) groups excluding carboxylic acids is 1. The van der Waals surface area contributed by atoms with Crippen molar-refractivity contribution in [3.8, 4) is 0 Å². The SMILES string of the molecule is CCCCC/C=C/C/C=C/CCCCCCCC(=O)[O-].[Na+]. The molecule has 0 saturated carbocycles. The Morgan fingerprint density at radius 2 is 1.33 bits per heavy atom. The first-order valence-corrected chi connectivity index (χ1v) is 8.27. The van der Waals surface area contributed by atoms with Crippen LogP contribution in [0.3, 0.4) is 0 Å². The van der Waals surface area contributed by atoms with Gasteiger partial charge >= 0.3 is 29.6 Å². The van der Waals surface area contributed by atoms with Crippen LogP contribution < -0.4 is 34.7 Å². The first-order valence-electron chi connectivity index (χ1n) is 8.27. The van der Waals surface area contributed by atoms with Crippen molar-refractivity contribution in [1.82, 2.24) is 0 Å². The number of carboxylic acid groups (broad SMARTS) is 1. The van der Waals surface area contributed by atoms with Gasteiger partial charge in [-0.3, -0.25) is 0 Å². The molecular weight excluding hydrogens is 271 g/mol. The largest absolute Gasteiger partial charge is 1.00 e. The Labute approximate surface area is 153 Å². The van der Waals surface area contributed by atoms with Crippen LogP contribution in [0.4, 0.5) is 0 Å². The predicted molar refractivity (Wildman–Crippen MR) is 84.4 cm³/mol. The van der Waals surface area contributed by atoms with E-state index in [0.29, 0.717) is 0 Å². The van der Waals surface area contributed by atoms with Crippen molar-refractivity contribution < 1.29 is 39.5 Å². The Kier molecular flexibility index (Phi) is 22.1.